The van der Waals surface area contributed by atoms with Gasteiger partial charge in [0.2, 0.25) is 17.7 Å². The summed E-state index contributed by atoms with van der Waals surface area (Å²) in [6.07, 6.45) is 0. The van der Waals surface area contributed by atoms with Gasteiger partial charge in [0.25, 0.3) is 0 Å². The van der Waals surface area contributed by atoms with Crippen LogP contribution in [0.1, 0.15) is 0 Å². The van der Waals surface area contributed by atoms with Crippen LogP contribution < -0.4 is 15.2 Å². The smallest absolute Gasteiger partial charge is 0.227 e. The molecule has 0 aliphatic carbocycles. The van der Waals surface area contributed by atoms with Crippen LogP contribution in [0, 0.1) is 0 Å². The van der Waals surface area contributed by atoms with Crippen molar-refractivity contribution in [2.24, 2.45) is 0 Å². The molecule has 18 heavy (non-hydrogen) atoms. The average molecular weight is 375 g/mol. The van der Waals surface area contributed by atoms with E-state index in [1.165, 1.54) is 7.11 Å². The Labute approximate surface area is 121 Å². The van der Waals surface area contributed by atoms with Gasteiger partial charge >= 0.3 is 0 Å². The van der Waals surface area contributed by atoms with E-state index in [-0.39, 0.29) is 5.95 Å². The monoisotopic (exact) mass is 373 g/mol. The van der Waals surface area contributed by atoms with E-state index in [1.807, 2.05) is 12.1 Å². The molecule has 1 aromatic heterocycles. The lowest BCUT2D eigenvalue weighted by Gasteiger charge is -2.08. The number of nitrogen functional groups attached to an aromatic ring is 1. The van der Waals surface area contributed by atoms with Gasteiger partial charge in [-0.05, 0) is 34.1 Å². The maximum atomic E-state index is 5.61. The quantitative estimate of drug-likeness (QED) is 0.891. The van der Waals surface area contributed by atoms with Crippen LogP contribution in [0.5, 0.6) is 17.5 Å². The van der Waals surface area contributed by atoms with E-state index < -0.39 is 0 Å². The third kappa shape index (κ3) is 3.11. The van der Waals surface area contributed by atoms with E-state index in [0.29, 0.717) is 17.5 Å². The lowest BCUT2D eigenvalue weighted by molar-refractivity contribution is 0.389. The molecule has 2 aromatic rings. The maximum Gasteiger partial charge on any atom is 0.227 e. The van der Waals surface area contributed by atoms with E-state index >= 15 is 0 Å². The first kappa shape index (κ1) is 13.1. The predicted molar refractivity (Wildman–Crippen MR) is 74.9 cm³/mol. The van der Waals surface area contributed by atoms with Gasteiger partial charge in [-0.1, -0.05) is 15.9 Å². The fourth-order valence-electron chi connectivity index (χ4n) is 1.25. The topological polar surface area (TPSA) is 70.3 Å². The van der Waals surface area contributed by atoms with Crippen molar-refractivity contribution in [1.82, 2.24) is 9.97 Å². The number of halogens is 2. The zero-order chi connectivity index (χ0) is 13.1. The fourth-order valence-corrected chi connectivity index (χ4v) is 2.38. The van der Waals surface area contributed by atoms with Crippen LogP contribution in [0.3, 0.4) is 0 Å². The number of aromatic nitrogens is 2. The molecule has 0 spiro atoms. The molecule has 0 fully saturated rings. The van der Waals surface area contributed by atoms with Gasteiger partial charge in [-0.2, -0.15) is 9.97 Å². The van der Waals surface area contributed by atoms with Crippen molar-refractivity contribution >= 4 is 37.8 Å². The molecule has 7 heteroatoms. The molecule has 0 saturated heterocycles. The molecule has 2 N–H and O–H groups in total. The van der Waals surface area contributed by atoms with Crippen molar-refractivity contribution in [1.29, 1.82) is 0 Å². The van der Waals surface area contributed by atoms with Crippen molar-refractivity contribution in [3.05, 3.63) is 33.2 Å². The number of rotatable bonds is 3. The molecule has 0 aliphatic heterocycles. The molecule has 0 saturated carbocycles. The van der Waals surface area contributed by atoms with Gasteiger partial charge in [0, 0.05) is 4.47 Å². The Hall–Kier alpha value is -1.34. The maximum absolute atomic E-state index is 5.61. The number of anilines is 1. The molecule has 1 aromatic carbocycles. The summed E-state index contributed by atoms with van der Waals surface area (Å²) in [5, 5.41) is 0. The molecule has 0 bridgehead atoms. The van der Waals surface area contributed by atoms with E-state index in [9.17, 15) is 0 Å². The summed E-state index contributed by atoms with van der Waals surface area (Å²) in [6.45, 7) is 0. The second-order valence-corrected chi connectivity index (χ2v) is 5.05. The minimum atomic E-state index is 0.0950. The summed E-state index contributed by atoms with van der Waals surface area (Å²) >= 11 is 6.76. The average Bonchev–Trinajstić information content (AvgIpc) is 2.32. The molecule has 0 unspecified atom stereocenters. The Kier molecular flexibility index (Phi) is 4.03. The number of hydrogen-bond acceptors (Lipinski definition) is 5. The molecule has 94 valence electrons. The van der Waals surface area contributed by atoms with Gasteiger partial charge in [-0.3, -0.25) is 0 Å². The van der Waals surface area contributed by atoms with Gasteiger partial charge in [0.05, 0.1) is 17.6 Å². The Morgan fingerprint density at radius 1 is 1.11 bits per heavy atom. The van der Waals surface area contributed by atoms with Gasteiger partial charge in [-0.25, -0.2) is 0 Å². The van der Waals surface area contributed by atoms with E-state index in [4.69, 9.17) is 15.2 Å². The van der Waals surface area contributed by atoms with Crippen molar-refractivity contribution < 1.29 is 9.47 Å². The number of ether oxygens (including phenoxy) is 2. The van der Waals surface area contributed by atoms with Gasteiger partial charge in [0.1, 0.15) is 5.75 Å². The van der Waals surface area contributed by atoms with E-state index in [0.717, 1.165) is 8.95 Å². The predicted octanol–water partition coefficient (Wildman–Crippen LogP) is 3.38. The number of methoxy groups -OCH3 is 1. The Balaban J connectivity index is 2.30. The first-order valence-electron chi connectivity index (χ1n) is 4.90. The van der Waals surface area contributed by atoms with Crippen molar-refractivity contribution in [2.45, 2.75) is 0 Å². The number of nitrogens with two attached hydrogens (primary N) is 1. The summed E-state index contributed by atoms with van der Waals surface area (Å²) in [5.41, 5.74) is 5.55. The van der Waals surface area contributed by atoms with Crippen molar-refractivity contribution in [3.8, 4) is 17.5 Å². The minimum Gasteiger partial charge on any atom is -0.481 e. The molecule has 0 aliphatic rings. The normalized spacial score (nSPS) is 10.2. The third-order valence-electron chi connectivity index (χ3n) is 2.01. The zero-order valence-electron chi connectivity index (χ0n) is 9.35. The Morgan fingerprint density at radius 3 is 2.50 bits per heavy atom. The van der Waals surface area contributed by atoms with Crippen LogP contribution in [0.2, 0.25) is 0 Å². The summed E-state index contributed by atoms with van der Waals surface area (Å²) < 4.78 is 12.3. The second-order valence-electron chi connectivity index (χ2n) is 3.28. The summed E-state index contributed by atoms with van der Waals surface area (Å²) in [5.74, 6) is 1.39. The van der Waals surface area contributed by atoms with Crippen LogP contribution in [0.4, 0.5) is 5.95 Å². The highest BCUT2D eigenvalue weighted by Crippen LogP contribution is 2.32. The molecule has 5 nitrogen and oxygen atoms in total. The second kappa shape index (κ2) is 5.53. The minimum absolute atomic E-state index is 0.0950. The number of nitrogens with zero attached hydrogens (tertiary/aromatic N) is 2. The highest BCUT2D eigenvalue weighted by Gasteiger charge is 2.07. The van der Waals surface area contributed by atoms with Crippen LogP contribution >= 0.6 is 31.9 Å². The molecule has 1 heterocycles. The van der Waals surface area contributed by atoms with Gasteiger partial charge in [-0.15, -0.1) is 0 Å². The molecular weight excluding hydrogens is 366 g/mol. The van der Waals surface area contributed by atoms with Crippen LogP contribution in [0.25, 0.3) is 0 Å². The molecule has 0 radical (unpaired) electrons. The van der Waals surface area contributed by atoms with Gasteiger partial charge in [0.15, 0.2) is 0 Å². The lowest BCUT2D eigenvalue weighted by Crippen LogP contribution is -1.99. The van der Waals surface area contributed by atoms with E-state index in [1.54, 1.807) is 12.1 Å². The summed E-state index contributed by atoms with van der Waals surface area (Å²) in [4.78, 5) is 7.85. The largest absolute Gasteiger partial charge is 0.481 e. The highest BCUT2D eigenvalue weighted by molar-refractivity contribution is 9.11. The van der Waals surface area contributed by atoms with Crippen LogP contribution in [-0.2, 0) is 0 Å². The molecule has 0 amide bonds. The first-order chi connectivity index (χ1) is 8.58. The van der Waals surface area contributed by atoms with E-state index in [2.05, 4.69) is 41.8 Å². The van der Waals surface area contributed by atoms with Crippen molar-refractivity contribution in [3.63, 3.8) is 0 Å². The number of benzene rings is 1. The zero-order valence-corrected chi connectivity index (χ0v) is 12.5. The Bertz CT molecular complexity index is 578. The van der Waals surface area contributed by atoms with Gasteiger partial charge < -0.3 is 15.2 Å². The molecule has 2 rings (SSSR count). The van der Waals surface area contributed by atoms with Crippen LogP contribution in [-0.4, -0.2) is 17.1 Å². The lowest BCUT2D eigenvalue weighted by atomic mass is 10.3. The van der Waals surface area contributed by atoms with Crippen molar-refractivity contribution in [2.75, 3.05) is 12.8 Å². The standard InChI is InChI=1S/C11H9Br2N3O2/c1-17-9-5-10(16-11(14)15-9)18-8-3-2-6(12)4-7(8)13/h2-5H,1H3,(H2,14,15,16). The first-order valence-corrected chi connectivity index (χ1v) is 6.48. The fraction of sp³-hybridized carbons (Fsp3) is 0.0909. The Morgan fingerprint density at radius 2 is 1.83 bits per heavy atom. The third-order valence-corrected chi connectivity index (χ3v) is 3.13. The van der Waals surface area contributed by atoms with Crippen LogP contribution in [0.15, 0.2) is 33.2 Å². The SMILES string of the molecule is COc1cc(Oc2ccc(Br)cc2Br)nc(N)n1. The summed E-state index contributed by atoms with van der Waals surface area (Å²) in [7, 11) is 1.50. The molecular formula is C11H9Br2N3O2. The molecule has 0 atom stereocenters. The highest BCUT2D eigenvalue weighted by atomic mass is 79.9. The number of hydrogen-bond donors (Lipinski definition) is 1. The summed E-state index contributed by atoms with van der Waals surface area (Å²) in [6, 6.07) is 7.10.